The largest absolute Gasteiger partial charge is 0.470 e. The van der Waals surface area contributed by atoms with E-state index >= 15 is 0 Å². The molecule has 0 amide bonds. The number of hydrogen-bond donors (Lipinski definition) is 1. The molecule has 1 unspecified atom stereocenters. The summed E-state index contributed by atoms with van der Waals surface area (Å²) in [5.41, 5.74) is 2.49. The maximum atomic E-state index is 11.8. The monoisotopic (exact) mass is 301 g/mol. The Hall–Kier alpha value is -2.30. The van der Waals surface area contributed by atoms with Crippen molar-refractivity contribution in [1.29, 1.82) is 0 Å². The Morgan fingerprint density at radius 1 is 1.36 bits per heavy atom. The summed E-state index contributed by atoms with van der Waals surface area (Å²) in [7, 11) is 0. The van der Waals surface area contributed by atoms with Crippen LogP contribution in [0.5, 0.6) is 0 Å². The van der Waals surface area contributed by atoms with Crippen molar-refractivity contribution in [3.05, 3.63) is 46.8 Å². The van der Waals surface area contributed by atoms with Crippen LogP contribution in [-0.2, 0) is 19.1 Å². The molecule has 1 heterocycles. The number of carbonyl (C=O) groups is 2. The first-order valence-electron chi connectivity index (χ1n) is 7.50. The molecular weight excluding hydrogens is 282 g/mol. The number of hydrogen-bond acceptors (Lipinski definition) is 5. The van der Waals surface area contributed by atoms with Crippen LogP contribution >= 0.6 is 0 Å². The van der Waals surface area contributed by atoms with Crippen LogP contribution in [0, 0.1) is 6.92 Å². The van der Waals surface area contributed by atoms with E-state index in [-0.39, 0.29) is 36.5 Å². The summed E-state index contributed by atoms with van der Waals surface area (Å²) >= 11 is 0. The highest BCUT2D eigenvalue weighted by molar-refractivity contribution is 6.19. The molecule has 1 saturated carbocycles. The van der Waals surface area contributed by atoms with Gasteiger partial charge in [-0.15, -0.1) is 0 Å². The fourth-order valence-electron chi connectivity index (χ4n) is 2.64. The second kappa shape index (κ2) is 5.83. The van der Waals surface area contributed by atoms with Gasteiger partial charge in [0.05, 0.1) is 6.61 Å². The average molecular weight is 301 g/mol. The second-order valence-corrected chi connectivity index (χ2v) is 5.64. The van der Waals surface area contributed by atoms with Gasteiger partial charge in [-0.3, -0.25) is 4.79 Å². The Balaban J connectivity index is 1.69. The molecule has 2 atom stereocenters. The van der Waals surface area contributed by atoms with Gasteiger partial charge in [0.1, 0.15) is 0 Å². The molecule has 1 aromatic carbocycles. The highest BCUT2D eigenvalue weighted by Crippen LogP contribution is 2.41. The van der Waals surface area contributed by atoms with Crippen molar-refractivity contribution in [3.8, 4) is 0 Å². The quantitative estimate of drug-likeness (QED) is 0.664. The summed E-state index contributed by atoms with van der Waals surface area (Å²) in [5.74, 6) is -0.285. The fraction of sp³-hybridized carbons (Fsp3) is 0.412. The lowest BCUT2D eigenvalue weighted by Gasteiger charge is -2.08. The highest BCUT2D eigenvalue weighted by Gasteiger charge is 2.42. The van der Waals surface area contributed by atoms with Gasteiger partial charge in [-0.25, -0.2) is 4.79 Å². The topological polar surface area (TPSA) is 64.6 Å². The number of rotatable bonds is 5. The van der Waals surface area contributed by atoms with Crippen LogP contribution in [0.3, 0.4) is 0 Å². The van der Waals surface area contributed by atoms with Crippen molar-refractivity contribution in [2.75, 3.05) is 13.2 Å². The first kappa shape index (κ1) is 14.6. The summed E-state index contributed by atoms with van der Waals surface area (Å²) in [4.78, 5) is 23.6. The lowest BCUT2D eigenvalue weighted by atomic mass is 10.1. The molecular formula is C17H19NO4. The zero-order valence-corrected chi connectivity index (χ0v) is 12.7. The molecule has 1 aliphatic carbocycles. The Kier molecular flexibility index (Phi) is 3.88. The third-order valence-electron chi connectivity index (χ3n) is 3.95. The summed E-state index contributed by atoms with van der Waals surface area (Å²) in [6.45, 7) is 3.90. The van der Waals surface area contributed by atoms with Crippen molar-refractivity contribution in [1.82, 2.24) is 5.32 Å². The van der Waals surface area contributed by atoms with Gasteiger partial charge in [0.2, 0.25) is 11.7 Å². The zero-order valence-electron chi connectivity index (χ0n) is 12.7. The van der Waals surface area contributed by atoms with Gasteiger partial charge in [0.25, 0.3) is 0 Å². The van der Waals surface area contributed by atoms with Crippen molar-refractivity contribution >= 4 is 11.8 Å². The third-order valence-corrected chi connectivity index (χ3v) is 3.95. The molecule has 0 saturated heterocycles. The van der Waals surface area contributed by atoms with Gasteiger partial charge in [0.15, 0.2) is 12.2 Å². The van der Waals surface area contributed by atoms with Crippen molar-refractivity contribution in [3.63, 3.8) is 0 Å². The number of benzene rings is 1. The van der Waals surface area contributed by atoms with Gasteiger partial charge in [-0.1, -0.05) is 29.8 Å². The van der Waals surface area contributed by atoms with Crippen LogP contribution < -0.4 is 5.32 Å². The lowest BCUT2D eigenvalue weighted by molar-refractivity contribution is -0.139. The van der Waals surface area contributed by atoms with E-state index in [0.717, 1.165) is 6.42 Å². The molecule has 0 spiro atoms. The first-order chi connectivity index (χ1) is 10.6. The van der Waals surface area contributed by atoms with Crippen molar-refractivity contribution < 1.29 is 19.1 Å². The molecule has 1 N–H and O–H groups in total. The van der Waals surface area contributed by atoms with Crippen LogP contribution in [0.25, 0.3) is 0 Å². The van der Waals surface area contributed by atoms with E-state index in [1.165, 1.54) is 11.1 Å². The van der Waals surface area contributed by atoms with E-state index < -0.39 is 5.97 Å². The number of ether oxygens (including phenoxy) is 2. The van der Waals surface area contributed by atoms with Crippen molar-refractivity contribution in [2.45, 2.75) is 32.2 Å². The van der Waals surface area contributed by atoms with Crippen LogP contribution in [-0.4, -0.2) is 31.0 Å². The van der Waals surface area contributed by atoms with Gasteiger partial charge >= 0.3 is 5.97 Å². The van der Waals surface area contributed by atoms with E-state index in [9.17, 15) is 9.59 Å². The number of esters is 1. The van der Waals surface area contributed by atoms with Crippen LogP contribution in [0.1, 0.15) is 30.4 Å². The smallest absolute Gasteiger partial charge is 0.347 e. The van der Waals surface area contributed by atoms with Crippen LogP contribution in [0.2, 0.25) is 0 Å². The molecule has 1 aromatic rings. The summed E-state index contributed by atoms with van der Waals surface area (Å²) in [6.07, 6.45) is 0.959. The predicted molar refractivity (Wildman–Crippen MR) is 80.1 cm³/mol. The molecule has 116 valence electrons. The molecule has 0 radical (unpaired) electrons. The average Bonchev–Trinajstić information content (AvgIpc) is 3.15. The molecule has 5 nitrogen and oxygen atoms in total. The Morgan fingerprint density at radius 3 is 2.77 bits per heavy atom. The number of nitrogens with one attached hydrogen (secondary N) is 1. The highest BCUT2D eigenvalue weighted by atomic mass is 16.5. The maximum Gasteiger partial charge on any atom is 0.347 e. The van der Waals surface area contributed by atoms with Gasteiger partial charge in [-0.05, 0) is 25.8 Å². The van der Waals surface area contributed by atoms with Crippen LogP contribution in [0.4, 0.5) is 0 Å². The molecule has 0 bridgehead atoms. The molecule has 3 rings (SSSR count). The normalized spacial score (nSPS) is 23.3. The lowest BCUT2D eigenvalue weighted by Crippen LogP contribution is -2.22. The number of carbonyl (C=O) groups excluding carboxylic acids is 2. The minimum Gasteiger partial charge on any atom is -0.470 e. The molecule has 0 aromatic heterocycles. The van der Waals surface area contributed by atoms with E-state index in [1.54, 1.807) is 6.92 Å². The number of aryl methyl sites for hydroxylation is 1. The first-order valence-corrected chi connectivity index (χ1v) is 7.50. The van der Waals surface area contributed by atoms with E-state index in [2.05, 4.69) is 36.5 Å². The molecule has 1 aliphatic heterocycles. The summed E-state index contributed by atoms with van der Waals surface area (Å²) < 4.78 is 10.2. The SMILES string of the molecule is CCOC(=O)C1=C(NC2C[C@@H]2c2ccc(C)cc2)OCC1=O. The van der Waals surface area contributed by atoms with Gasteiger partial charge in [-0.2, -0.15) is 0 Å². The van der Waals surface area contributed by atoms with Crippen LogP contribution in [0.15, 0.2) is 35.7 Å². The number of ketones is 1. The van der Waals surface area contributed by atoms with Gasteiger partial charge < -0.3 is 14.8 Å². The summed E-state index contributed by atoms with van der Waals surface area (Å²) in [6, 6.07) is 8.59. The second-order valence-electron chi connectivity index (χ2n) is 5.64. The molecule has 22 heavy (non-hydrogen) atoms. The van der Waals surface area contributed by atoms with Crippen molar-refractivity contribution in [2.24, 2.45) is 0 Å². The number of Topliss-reactive ketones (excluding diaryl/α,β-unsaturated/α-hetero) is 1. The minimum absolute atomic E-state index is 0.0106. The zero-order chi connectivity index (χ0) is 15.7. The maximum absolute atomic E-state index is 11.8. The Morgan fingerprint density at radius 2 is 2.09 bits per heavy atom. The van der Waals surface area contributed by atoms with E-state index in [4.69, 9.17) is 9.47 Å². The predicted octanol–water partition coefficient (Wildman–Crippen LogP) is 1.81. The minimum atomic E-state index is -0.611. The summed E-state index contributed by atoms with van der Waals surface area (Å²) in [5, 5.41) is 3.17. The standard InChI is InChI=1S/C17H19NO4/c1-3-21-17(20)15-14(19)9-22-16(15)18-13-8-12(13)11-6-4-10(2)5-7-11/h4-7,12-13,18H,3,8-9H2,1-2H3/t12-,13?/m1/s1. The van der Waals surface area contributed by atoms with E-state index in [0.29, 0.717) is 5.92 Å². The third kappa shape index (κ3) is 2.84. The molecule has 1 fully saturated rings. The van der Waals surface area contributed by atoms with E-state index in [1.807, 2.05) is 0 Å². The Labute approximate surface area is 129 Å². The van der Waals surface area contributed by atoms with Gasteiger partial charge in [0, 0.05) is 12.0 Å². The fourth-order valence-corrected chi connectivity index (χ4v) is 2.64. The Bertz CT molecular complexity index is 633. The molecule has 5 heteroatoms. The molecule has 2 aliphatic rings.